The van der Waals surface area contributed by atoms with E-state index in [0.29, 0.717) is 17.0 Å². The Morgan fingerprint density at radius 3 is 3.00 bits per heavy atom. The molecule has 0 spiro atoms. The summed E-state index contributed by atoms with van der Waals surface area (Å²) in [5.74, 6) is 0.465. The topological polar surface area (TPSA) is 67.9 Å². The van der Waals surface area contributed by atoms with Gasteiger partial charge in [-0.3, -0.25) is 4.79 Å². The summed E-state index contributed by atoms with van der Waals surface area (Å²) in [6.07, 6.45) is 1.39. The van der Waals surface area contributed by atoms with E-state index in [9.17, 15) is 4.79 Å². The van der Waals surface area contributed by atoms with E-state index in [0.717, 1.165) is 0 Å². The molecule has 0 bridgehead atoms. The number of methoxy groups -OCH3 is 1. The van der Waals surface area contributed by atoms with E-state index < -0.39 is 0 Å². The molecule has 0 fully saturated rings. The number of carbonyl (C=O) groups excluding carboxylic acids is 1. The molecule has 1 aromatic heterocycles. The number of H-pyrrole nitrogens is 1. The second-order valence-electron chi connectivity index (χ2n) is 2.92. The first kappa shape index (κ1) is 9.39. The maximum atomic E-state index is 11.8. The number of carbonyl (C=O) groups is 1. The maximum absolute atomic E-state index is 11.8. The number of hydrogen-bond donors (Lipinski definition) is 1. The van der Waals surface area contributed by atoms with Gasteiger partial charge in [-0.05, 0) is 12.1 Å². The van der Waals surface area contributed by atoms with Gasteiger partial charge in [0.1, 0.15) is 5.75 Å². The smallest absolute Gasteiger partial charge is 0.215 e. The van der Waals surface area contributed by atoms with Crippen molar-refractivity contribution in [2.24, 2.45) is 0 Å². The van der Waals surface area contributed by atoms with Gasteiger partial charge in [-0.25, -0.2) is 0 Å². The fourth-order valence-corrected chi connectivity index (χ4v) is 1.22. The highest BCUT2D eigenvalue weighted by atomic mass is 16.5. The summed E-state index contributed by atoms with van der Waals surface area (Å²) >= 11 is 0. The molecule has 2 rings (SSSR count). The predicted molar refractivity (Wildman–Crippen MR) is 52.8 cm³/mol. The maximum Gasteiger partial charge on any atom is 0.215 e. The van der Waals surface area contributed by atoms with E-state index in [4.69, 9.17) is 4.74 Å². The van der Waals surface area contributed by atoms with Crippen LogP contribution in [0.3, 0.4) is 0 Å². The SMILES string of the molecule is COc1cccc(C(=O)c2cn[nH]n2)c1. The molecule has 2 aromatic rings. The van der Waals surface area contributed by atoms with Crippen LogP contribution in [0.5, 0.6) is 5.75 Å². The molecule has 0 aliphatic rings. The molecule has 15 heavy (non-hydrogen) atoms. The van der Waals surface area contributed by atoms with Crippen LogP contribution in [0.2, 0.25) is 0 Å². The molecule has 0 saturated heterocycles. The van der Waals surface area contributed by atoms with Gasteiger partial charge in [0.15, 0.2) is 5.69 Å². The molecule has 0 amide bonds. The number of aromatic nitrogens is 3. The lowest BCUT2D eigenvalue weighted by atomic mass is 10.1. The molecule has 5 heteroatoms. The lowest BCUT2D eigenvalue weighted by Crippen LogP contribution is -2.01. The second-order valence-corrected chi connectivity index (χ2v) is 2.92. The van der Waals surface area contributed by atoms with Crippen molar-refractivity contribution in [3.63, 3.8) is 0 Å². The normalized spacial score (nSPS) is 9.93. The third-order valence-corrected chi connectivity index (χ3v) is 1.98. The zero-order valence-corrected chi connectivity index (χ0v) is 8.10. The van der Waals surface area contributed by atoms with Crippen LogP contribution in [0.15, 0.2) is 30.5 Å². The molecule has 1 N–H and O–H groups in total. The van der Waals surface area contributed by atoms with Gasteiger partial charge in [0.2, 0.25) is 5.78 Å². The van der Waals surface area contributed by atoms with Crippen LogP contribution in [-0.4, -0.2) is 28.3 Å². The predicted octanol–water partition coefficient (Wildman–Crippen LogP) is 1.04. The van der Waals surface area contributed by atoms with E-state index in [-0.39, 0.29) is 5.78 Å². The molecular weight excluding hydrogens is 194 g/mol. The molecular formula is C10H9N3O2. The Balaban J connectivity index is 2.34. The summed E-state index contributed by atoms with van der Waals surface area (Å²) in [4.78, 5) is 11.8. The number of nitrogens with one attached hydrogen (secondary N) is 1. The van der Waals surface area contributed by atoms with Crippen molar-refractivity contribution < 1.29 is 9.53 Å². The van der Waals surface area contributed by atoms with Crippen molar-refractivity contribution in [1.82, 2.24) is 15.4 Å². The molecule has 1 aromatic carbocycles. The van der Waals surface area contributed by atoms with E-state index in [1.165, 1.54) is 6.20 Å². The average Bonchev–Trinajstić information content (AvgIpc) is 2.81. The number of rotatable bonds is 3. The molecule has 0 saturated carbocycles. The first-order valence-corrected chi connectivity index (χ1v) is 4.36. The van der Waals surface area contributed by atoms with Crippen molar-refractivity contribution >= 4 is 5.78 Å². The Hall–Kier alpha value is -2.17. The van der Waals surface area contributed by atoms with E-state index in [1.54, 1.807) is 31.4 Å². The molecule has 0 aliphatic heterocycles. The van der Waals surface area contributed by atoms with Crippen LogP contribution < -0.4 is 4.74 Å². The number of nitrogens with zero attached hydrogens (tertiary/aromatic N) is 2. The fraction of sp³-hybridized carbons (Fsp3) is 0.100. The Morgan fingerprint density at radius 2 is 2.33 bits per heavy atom. The average molecular weight is 203 g/mol. The van der Waals surface area contributed by atoms with Gasteiger partial charge in [-0.1, -0.05) is 12.1 Å². The van der Waals surface area contributed by atoms with Gasteiger partial charge in [-0.2, -0.15) is 15.4 Å². The van der Waals surface area contributed by atoms with Gasteiger partial charge in [0.05, 0.1) is 13.3 Å². The first-order chi connectivity index (χ1) is 7.31. The van der Waals surface area contributed by atoms with Crippen molar-refractivity contribution in [2.75, 3.05) is 7.11 Å². The van der Waals surface area contributed by atoms with Crippen LogP contribution in [0.25, 0.3) is 0 Å². The standard InChI is InChI=1S/C10H9N3O2/c1-15-8-4-2-3-7(5-8)10(14)9-6-11-13-12-9/h2-6H,1H3,(H,11,12,13). The molecule has 0 radical (unpaired) electrons. The Labute approximate surface area is 86.1 Å². The molecule has 0 aliphatic carbocycles. The summed E-state index contributed by atoms with van der Waals surface area (Å²) in [7, 11) is 1.56. The molecule has 76 valence electrons. The second kappa shape index (κ2) is 3.91. The van der Waals surface area contributed by atoms with Crippen molar-refractivity contribution in [1.29, 1.82) is 0 Å². The minimum absolute atomic E-state index is 0.178. The Bertz CT molecular complexity index is 465. The van der Waals surface area contributed by atoms with Crippen LogP contribution in [-0.2, 0) is 0 Å². The number of hydrogen-bond acceptors (Lipinski definition) is 4. The quantitative estimate of drug-likeness (QED) is 0.757. The zero-order valence-electron chi connectivity index (χ0n) is 8.10. The van der Waals surface area contributed by atoms with Crippen LogP contribution in [0, 0.1) is 0 Å². The Kier molecular flexibility index (Phi) is 2.45. The van der Waals surface area contributed by atoms with Crippen molar-refractivity contribution in [3.8, 4) is 5.75 Å². The highest BCUT2D eigenvalue weighted by Crippen LogP contribution is 2.14. The summed E-state index contributed by atoms with van der Waals surface area (Å²) in [6.45, 7) is 0. The van der Waals surface area contributed by atoms with E-state index >= 15 is 0 Å². The van der Waals surface area contributed by atoms with Gasteiger partial charge >= 0.3 is 0 Å². The van der Waals surface area contributed by atoms with Crippen molar-refractivity contribution in [2.45, 2.75) is 0 Å². The highest BCUT2D eigenvalue weighted by Gasteiger charge is 2.11. The van der Waals surface area contributed by atoms with Crippen molar-refractivity contribution in [3.05, 3.63) is 41.7 Å². The van der Waals surface area contributed by atoms with E-state index in [2.05, 4.69) is 15.4 Å². The molecule has 5 nitrogen and oxygen atoms in total. The summed E-state index contributed by atoms with van der Waals surface area (Å²) in [5.41, 5.74) is 0.825. The molecule has 0 unspecified atom stereocenters. The zero-order chi connectivity index (χ0) is 10.7. The molecule has 0 atom stereocenters. The van der Waals surface area contributed by atoms with Crippen LogP contribution in [0.1, 0.15) is 16.1 Å². The number of ketones is 1. The number of aromatic amines is 1. The van der Waals surface area contributed by atoms with Gasteiger partial charge in [0.25, 0.3) is 0 Å². The number of benzene rings is 1. The third-order valence-electron chi connectivity index (χ3n) is 1.98. The van der Waals surface area contributed by atoms with Gasteiger partial charge in [-0.15, -0.1) is 0 Å². The summed E-state index contributed by atoms with van der Waals surface area (Å²) < 4.78 is 5.03. The summed E-state index contributed by atoms with van der Waals surface area (Å²) in [5, 5.41) is 9.70. The fourth-order valence-electron chi connectivity index (χ4n) is 1.22. The number of ether oxygens (including phenoxy) is 1. The lowest BCUT2D eigenvalue weighted by molar-refractivity contribution is 0.103. The van der Waals surface area contributed by atoms with Gasteiger partial charge in [0, 0.05) is 5.56 Å². The van der Waals surface area contributed by atoms with Gasteiger partial charge < -0.3 is 4.74 Å². The largest absolute Gasteiger partial charge is 0.497 e. The first-order valence-electron chi connectivity index (χ1n) is 4.36. The lowest BCUT2D eigenvalue weighted by Gasteiger charge is -2.01. The van der Waals surface area contributed by atoms with Crippen LogP contribution in [0.4, 0.5) is 0 Å². The Morgan fingerprint density at radius 1 is 1.47 bits per heavy atom. The monoisotopic (exact) mass is 203 g/mol. The minimum Gasteiger partial charge on any atom is -0.497 e. The highest BCUT2D eigenvalue weighted by molar-refractivity contribution is 6.07. The van der Waals surface area contributed by atoms with E-state index in [1.807, 2.05) is 0 Å². The summed E-state index contributed by atoms with van der Waals surface area (Å²) in [6, 6.07) is 6.91. The minimum atomic E-state index is -0.178. The molecule has 1 heterocycles. The third kappa shape index (κ3) is 1.85. The van der Waals surface area contributed by atoms with Crippen LogP contribution >= 0.6 is 0 Å².